The standard InChI is InChI=1S/C17H27N3O/c1-13-8-14(2)11-20(10-13)12-15(9-18)17(21)19-16-6-4-3-5-7-16/h12-14,16H,3-8,10-11H2,1-2H3,(H,19,21)/b15-12-. The number of carbonyl (C=O) groups excluding carboxylic acids is 1. The Hall–Kier alpha value is -1.50. The van der Waals surface area contributed by atoms with E-state index in [4.69, 9.17) is 0 Å². The summed E-state index contributed by atoms with van der Waals surface area (Å²) in [7, 11) is 0. The van der Waals surface area contributed by atoms with E-state index in [-0.39, 0.29) is 17.5 Å². The second-order valence-corrected chi connectivity index (χ2v) is 6.86. The van der Waals surface area contributed by atoms with Gasteiger partial charge in [0.15, 0.2) is 0 Å². The largest absolute Gasteiger partial charge is 0.376 e. The van der Waals surface area contributed by atoms with Crippen LogP contribution in [0.25, 0.3) is 0 Å². The van der Waals surface area contributed by atoms with Crippen LogP contribution in [0.1, 0.15) is 52.4 Å². The number of hydrogen-bond acceptors (Lipinski definition) is 3. The van der Waals surface area contributed by atoms with E-state index in [9.17, 15) is 10.1 Å². The number of amides is 1. The maximum absolute atomic E-state index is 12.3. The Morgan fingerprint density at radius 3 is 2.38 bits per heavy atom. The number of hydrogen-bond donors (Lipinski definition) is 1. The van der Waals surface area contributed by atoms with Crippen molar-refractivity contribution in [2.24, 2.45) is 11.8 Å². The van der Waals surface area contributed by atoms with E-state index in [1.165, 1.54) is 25.7 Å². The summed E-state index contributed by atoms with van der Waals surface area (Å²) in [5.74, 6) is 1.04. The molecule has 1 saturated heterocycles. The molecule has 2 rings (SSSR count). The van der Waals surface area contributed by atoms with Crippen molar-refractivity contribution in [1.29, 1.82) is 5.26 Å². The molecular weight excluding hydrogens is 262 g/mol. The van der Waals surface area contributed by atoms with Gasteiger partial charge in [0.2, 0.25) is 0 Å². The third-order valence-electron chi connectivity index (χ3n) is 4.51. The molecule has 0 bridgehead atoms. The molecule has 1 amide bonds. The highest BCUT2D eigenvalue weighted by molar-refractivity contribution is 5.97. The van der Waals surface area contributed by atoms with Crippen LogP contribution < -0.4 is 5.32 Å². The molecule has 4 heteroatoms. The van der Waals surface area contributed by atoms with E-state index >= 15 is 0 Å². The van der Waals surface area contributed by atoms with Crippen LogP contribution in [-0.2, 0) is 4.79 Å². The van der Waals surface area contributed by atoms with Gasteiger partial charge >= 0.3 is 0 Å². The van der Waals surface area contributed by atoms with Gasteiger partial charge in [0.05, 0.1) is 0 Å². The van der Waals surface area contributed by atoms with Crippen LogP contribution in [0.2, 0.25) is 0 Å². The molecule has 21 heavy (non-hydrogen) atoms. The first-order valence-corrected chi connectivity index (χ1v) is 8.25. The van der Waals surface area contributed by atoms with E-state index in [0.29, 0.717) is 11.8 Å². The third kappa shape index (κ3) is 4.77. The van der Waals surface area contributed by atoms with Crippen LogP contribution in [0.5, 0.6) is 0 Å². The first-order chi connectivity index (χ1) is 10.1. The van der Waals surface area contributed by atoms with E-state index in [0.717, 1.165) is 25.9 Å². The van der Waals surface area contributed by atoms with Crippen LogP contribution in [0.3, 0.4) is 0 Å². The van der Waals surface area contributed by atoms with Gasteiger partial charge in [-0.1, -0.05) is 33.1 Å². The molecule has 4 nitrogen and oxygen atoms in total. The van der Waals surface area contributed by atoms with Crippen LogP contribution in [0.4, 0.5) is 0 Å². The van der Waals surface area contributed by atoms with Gasteiger partial charge in [0, 0.05) is 25.3 Å². The monoisotopic (exact) mass is 289 g/mol. The smallest absolute Gasteiger partial charge is 0.263 e. The predicted molar refractivity (Wildman–Crippen MR) is 83.2 cm³/mol. The third-order valence-corrected chi connectivity index (χ3v) is 4.51. The van der Waals surface area contributed by atoms with Crippen LogP contribution >= 0.6 is 0 Å². The van der Waals surface area contributed by atoms with Gasteiger partial charge in [0.1, 0.15) is 11.6 Å². The van der Waals surface area contributed by atoms with Crippen molar-refractivity contribution in [3.8, 4) is 6.07 Å². The molecule has 0 radical (unpaired) electrons. The highest BCUT2D eigenvalue weighted by Gasteiger charge is 2.22. The first kappa shape index (κ1) is 15.9. The van der Waals surface area contributed by atoms with Gasteiger partial charge < -0.3 is 10.2 Å². The number of carbonyl (C=O) groups is 1. The number of nitriles is 1. The molecule has 0 aromatic heterocycles. The average molecular weight is 289 g/mol. The lowest BCUT2D eigenvalue weighted by atomic mass is 9.92. The molecule has 1 aliphatic heterocycles. The molecule has 0 spiro atoms. The van der Waals surface area contributed by atoms with Crippen molar-refractivity contribution in [3.63, 3.8) is 0 Å². The summed E-state index contributed by atoms with van der Waals surface area (Å²) in [6.45, 7) is 6.33. The molecule has 2 fully saturated rings. The normalized spacial score (nSPS) is 28.0. The van der Waals surface area contributed by atoms with Crippen molar-refractivity contribution >= 4 is 5.91 Å². The van der Waals surface area contributed by atoms with E-state index in [2.05, 4.69) is 30.1 Å². The summed E-state index contributed by atoms with van der Waals surface area (Å²) < 4.78 is 0. The van der Waals surface area contributed by atoms with Gasteiger partial charge in [-0.05, 0) is 31.1 Å². The Balaban J connectivity index is 1.95. The lowest BCUT2D eigenvalue weighted by Gasteiger charge is -2.34. The minimum absolute atomic E-state index is 0.199. The van der Waals surface area contributed by atoms with Crippen molar-refractivity contribution in [2.75, 3.05) is 13.1 Å². The van der Waals surface area contributed by atoms with E-state index in [1.807, 2.05) is 0 Å². The predicted octanol–water partition coefficient (Wildman–Crippen LogP) is 2.82. The number of rotatable bonds is 3. The zero-order valence-corrected chi connectivity index (χ0v) is 13.3. The molecule has 2 unspecified atom stereocenters. The lowest BCUT2D eigenvalue weighted by molar-refractivity contribution is -0.118. The summed E-state index contributed by atoms with van der Waals surface area (Å²) >= 11 is 0. The van der Waals surface area contributed by atoms with Crippen molar-refractivity contribution < 1.29 is 4.79 Å². The summed E-state index contributed by atoms with van der Waals surface area (Å²) in [5.41, 5.74) is 0.252. The highest BCUT2D eigenvalue weighted by Crippen LogP contribution is 2.22. The molecule has 0 aromatic rings. The molecule has 1 N–H and O–H groups in total. The fourth-order valence-corrected chi connectivity index (χ4v) is 3.65. The molecule has 1 heterocycles. The zero-order valence-electron chi connectivity index (χ0n) is 13.3. The summed E-state index contributed by atoms with van der Waals surface area (Å²) in [5, 5.41) is 12.3. The Kier molecular flexibility index (Phi) is 5.67. The molecule has 0 aromatic carbocycles. The number of piperidine rings is 1. The molecule has 1 aliphatic carbocycles. The van der Waals surface area contributed by atoms with Crippen LogP contribution in [0, 0.1) is 23.2 Å². The van der Waals surface area contributed by atoms with Crippen molar-refractivity contribution in [1.82, 2.24) is 10.2 Å². The number of nitrogens with zero attached hydrogens (tertiary/aromatic N) is 2. The lowest BCUT2D eigenvalue weighted by Crippen LogP contribution is -2.39. The van der Waals surface area contributed by atoms with E-state index < -0.39 is 0 Å². The second-order valence-electron chi connectivity index (χ2n) is 6.86. The van der Waals surface area contributed by atoms with Crippen molar-refractivity contribution in [3.05, 3.63) is 11.8 Å². The molecule has 116 valence electrons. The average Bonchev–Trinajstić information content (AvgIpc) is 2.44. The topological polar surface area (TPSA) is 56.1 Å². The zero-order chi connectivity index (χ0) is 15.2. The van der Waals surface area contributed by atoms with Crippen molar-refractivity contribution in [2.45, 2.75) is 58.4 Å². The maximum atomic E-state index is 12.3. The van der Waals surface area contributed by atoms with Gasteiger partial charge in [-0.15, -0.1) is 0 Å². The van der Waals surface area contributed by atoms with Crippen LogP contribution in [-0.4, -0.2) is 29.9 Å². The molecule has 1 saturated carbocycles. The highest BCUT2D eigenvalue weighted by atomic mass is 16.1. The summed E-state index contributed by atoms with van der Waals surface area (Å²) in [6, 6.07) is 2.33. The minimum atomic E-state index is -0.199. The Bertz CT molecular complexity index is 422. The molecular formula is C17H27N3O. The number of likely N-dealkylation sites (tertiary alicyclic amines) is 1. The first-order valence-electron chi connectivity index (χ1n) is 8.25. The molecule has 2 aliphatic rings. The fraction of sp³-hybridized carbons (Fsp3) is 0.765. The number of nitrogens with one attached hydrogen (secondary N) is 1. The van der Waals surface area contributed by atoms with E-state index in [1.54, 1.807) is 6.20 Å². The molecule has 2 atom stereocenters. The Morgan fingerprint density at radius 2 is 1.81 bits per heavy atom. The van der Waals surface area contributed by atoms with Gasteiger partial charge in [-0.3, -0.25) is 4.79 Å². The summed E-state index contributed by atoms with van der Waals surface area (Å²) in [4.78, 5) is 14.4. The van der Waals surface area contributed by atoms with Gasteiger partial charge in [-0.2, -0.15) is 5.26 Å². The second kappa shape index (κ2) is 7.49. The SMILES string of the molecule is CC1CC(C)CN(/C=C(/C#N)C(=O)NC2CCCCC2)C1. The summed E-state index contributed by atoms with van der Waals surface area (Å²) in [6.07, 6.45) is 8.70. The maximum Gasteiger partial charge on any atom is 0.263 e. The Morgan fingerprint density at radius 1 is 1.19 bits per heavy atom. The minimum Gasteiger partial charge on any atom is -0.376 e. The van der Waals surface area contributed by atoms with Crippen LogP contribution in [0.15, 0.2) is 11.8 Å². The fourth-order valence-electron chi connectivity index (χ4n) is 3.65. The quantitative estimate of drug-likeness (QED) is 0.642. The Labute approximate surface area is 128 Å². The van der Waals surface area contributed by atoms with Gasteiger partial charge in [0.25, 0.3) is 5.91 Å². The van der Waals surface area contributed by atoms with Gasteiger partial charge in [-0.25, -0.2) is 0 Å².